The van der Waals surface area contributed by atoms with E-state index < -0.39 is 16.0 Å². The minimum Gasteiger partial charge on any atom is -0.334 e. The summed E-state index contributed by atoms with van der Waals surface area (Å²) >= 11 is 0. The van der Waals surface area contributed by atoms with Gasteiger partial charge in [0.1, 0.15) is 0 Å². The van der Waals surface area contributed by atoms with E-state index in [0.717, 1.165) is 142 Å². The van der Waals surface area contributed by atoms with Crippen LogP contribution >= 0.6 is 16.0 Å². The first-order valence-electron chi connectivity index (χ1n) is 20.1. The summed E-state index contributed by atoms with van der Waals surface area (Å²) in [5.74, 6) is 0. The van der Waals surface area contributed by atoms with Gasteiger partial charge in [-0.2, -0.15) is 0 Å². The molecule has 0 aromatic rings. The zero-order chi connectivity index (χ0) is 36.1. The van der Waals surface area contributed by atoms with E-state index in [4.69, 9.17) is 41.0 Å². The minimum atomic E-state index is -3.15. The molecule has 11 nitrogen and oxygen atoms in total. The molecule has 0 aromatic heterocycles. The lowest BCUT2D eigenvalue weighted by Crippen LogP contribution is -2.31. The molecule has 0 spiro atoms. The van der Waals surface area contributed by atoms with Gasteiger partial charge in [0.15, 0.2) is 8.38 Å². The molecular formula is C36H82N6O5P2. The molecule has 0 rings (SSSR count). The van der Waals surface area contributed by atoms with Gasteiger partial charge in [-0.15, -0.1) is 0 Å². The van der Waals surface area contributed by atoms with E-state index in [1.807, 2.05) is 0 Å². The standard InChI is InChI=1S/C36H82N6O5P2/c1-3-5-7-13-31-44-48(35-29-41(25-17-21-37)26-18-22-38)45-32-14-11-9-10-12-16-34-47-49(43,46-33-15-8-6-4-2)36-30-42(27-19-23-39)28-20-24-40/h3-40H2,1-2H3. The van der Waals surface area contributed by atoms with Gasteiger partial charge in [0, 0.05) is 19.3 Å². The van der Waals surface area contributed by atoms with Crippen molar-refractivity contribution in [3.8, 4) is 0 Å². The summed E-state index contributed by atoms with van der Waals surface area (Å²) in [6.07, 6.45) is 20.8. The second-order valence-electron chi connectivity index (χ2n) is 13.2. The molecule has 0 aliphatic rings. The van der Waals surface area contributed by atoms with Crippen LogP contribution in [-0.4, -0.2) is 114 Å². The molecule has 0 heterocycles. The average Bonchev–Trinajstić information content (AvgIpc) is 3.11. The first kappa shape index (κ1) is 49.3. The lowest BCUT2D eigenvalue weighted by atomic mass is 10.1. The summed E-state index contributed by atoms with van der Waals surface area (Å²) < 4.78 is 38.2. The molecule has 13 heteroatoms. The fourth-order valence-electron chi connectivity index (χ4n) is 5.46. The highest BCUT2D eigenvalue weighted by atomic mass is 31.2. The third kappa shape index (κ3) is 32.6. The predicted molar refractivity (Wildman–Crippen MR) is 212 cm³/mol. The van der Waals surface area contributed by atoms with Gasteiger partial charge in [0.2, 0.25) is 0 Å². The third-order valence-corrected chi connectivity index (χ3v) is 12.0. The van der Waals surface area contributed by atoms with E-state index in [2.05, 4.69) is 23.6 Å². The van der Waals surface area contributed by atoms with Crippen LogP contribution in [0.15, 0.2) is 0 Å². The van der Waals surface area contributed by atoms with Gasteiger partial charge in [-0.05, 0) is 104 Å². The topological polar surface area (TPSA) is 165 Å². The van der Waals surface area contributed by atoms with Crippen molar-refractivity contribution in [2.24, 2.45) is 22.9 Å². The molecule has 0 aromatic carbocycles. The van der Waals surface area contributed by atoms with E-state index in [9.17, 15) is 4.57 Å². The normalized spacial score (nSPS) is 13.9. The number of nitrogens with two attached hydrogens (primary N) is 4. The van der Waals surface area contributed by atoms with E-state index in [1.165, 1.54) is 25.7 Å². The lowest BCUT2D eigenvalue weighted by Gasteiger charge is -2.25. The first-order valence-corrected chi connectivity index (χ1v) is 23.2. The highest BCUT2D eigenvalue weighted by Crippen LogP contribution is 2.48. The predicted octanol–water partition coefficient (Wildman–Crippen LogP) is 7.06. The monoisotopic (exact) mass is 741 g/mol. The molecule has 0 radical (unpaired) electrons. The summed E-state index contributed by atoms with van der Waals surface area (Å²) in [4.78, 5) is 4.76. The third-order valence-electron chi connectivity index (χ3n) is 8.58. The molecule has 0 saturated carbocycles. The summed E-state index contributed by atoms with van der Waals surface area (Å²) in [5, 5.41) is 0. The van der Waals surface area contributed by atoms with Crippen molar-refractivity contribution < 1.29 is 22.7 Å². The van der Waals surface area contributed by atoms with Crippen molar-refractivity contribution in [3.05, 3.63) is 0 Å². The molecule has 2 unspecified atom stereocenters. The molecule has 0 amide bonds. The fourth-order valence-corrected chi connectivity index (χ4v) is 8.58. The molecule has 0 bridgehead atoms. The summed E-state index contributed by atoms with van der Waals surface area (Å²) in [5.41, 5.74) is 23.0. The van der Waals surface area contributed by atoms with Crippen molar-refractivity contribution in [1.82, 2.24) is 9.80 Å². The van der Waals surface area contributed by atoms with Gasteiger partial charge in [-0.1, -0.05) is 78.1 Å². The van der Waals surface area contributed by atoms with Gasteiger partial charge >= 0.3 is 7.60 Å². The van der Waals surface area contributed by atoms with Gasteiger partial charge in [-0.25, -0.2) is 0 Å². The Morgan fingerprint density at radius 1 is 0.469 bits per heavy atom. The number of hydrogen-bond donors (Lipinski definition) is 4. The van der Waals surface area contributed by atoms with Gasteiger partial charge in [-0.3, -0.25) is 4.57 Å². The molecular weight excluding hydrogens is 658 g/mol. The highest BCUT2D eigenvalue weighted by molar-refractivity contribution is 7.53. The minimum absolute atomic E-state index is 0.417. The molecule has 0 saturated heterocycles. The van der Waals surface area contributed by atoms with E-state index >= 15 is 0 Å². The van der Waals surface area contributed by atoms with E-state index in [0.29, 0.717) is 52.1 Å². The SMILES string of the molecule is CCCCCCOP(CCN(CCCN)CCCN)OCCCCCCCCOP(=O)(CCN(CCCN)CCCN)OCCCCCC. The van der Waals surface area contributed by atoms with Crippen LogP contribution in [0.2, 0.25) is 0 Å². The molecule has 2 atom stereocenters. The Bertz CT molecular complexity index is 703. The number of nitrogens with zero attached hydrogens (tertiary/aromatic N) is 2. The van der Waals surface area contributed by atoms with Crippen LogP contribution in [0.1, 0.15) is 129 Å². The highest BCUT2D eigenvalue weighted by Gasteiger charge is 2.25. The molecule has 0 aliphatic heterocycles. The maximum Gasteiger partial charge on any atom is 0.331 e. The van der Waals surface area contributed by atoms with Crippen molar-refractivity contribution in [3.63, 3.8) is 0 Å². The van der Waals surface area contributed by atoms with E-state index in [1.54, 1.807) is 0 Å². The summed E-state index contributed by atoms with van der Waals surface area (Å²) in [6.45, 7) is 15.1. The van der Waals surface area contributed by atoms with Crippen molar-refractivity contribution in [2.45, 2.75) is 129 Å². The Morgan fingerprint density at radius 2 is 0.837 bits per heavy atom. The smallest absolute Gasteiger partial charge is 0.331 e. The Hall–Kier alpha value is 0.260. The van der Waals surface area contributed by atoms with Crippen molar-refractivity contribution in [2.75, 3.05) is 104 Å². The largest absolute Gasteiger partial charge is 0.334 e. The Balaban J connectivity index is 4.55. The molecule has 0 fully saturated rings. The maximum absolute atomic E-state index is 13.7. The van der Waals surface area contributed by atoms with Crippen LogP contribution in [0.4, 0.5) is 0 Å². The van der Waals surface area contributed by atoms with Crippen LogP contribution in [0, 0.1) is 0 Å². The van der Waals surface area contributed by atoms with Crippen LogP contribution in [0.25, 0.3) is 0 Å². The second-order valence-corrected chi connectivity index (χ2v) is 17.0. The number of rotatable bonds is 41. The van der Waals surface area contributed by atoms with E-state index in [-0.39, 0.29) is 0 Å². The molecule has 49 heavy (non-hydrogen) atoms. The van der Waals surface area contributed by atoms with Crippen molar-refractivity contribution >= 4 is 16.0 Å². The van der Waals surface area contributed by atoms with Gasteiger partial charge < -0.3 is 50.8 Å². The summed E-state index contributed by atoms with van der Waals surface area (Å²) in [7, 11) is -4.03. The number of hydrogen-bond acceptors (Lipinski definition) is 11. The Morgan fingerprint density at radius 3 is 1.24 bits per heavy atom. The van der Waals surface area contributed by atoms with Crippen LogP contribution in [0.3, 0.4) is 0 Å². The zero-order valence-corrected chi connectivity index (χ0v) is 34.0. The van der Waals surface area contributed by atoms with Gasteiger partial charge in [0.05, 0.1) is 32.6 Å². The number of unbranched alkanes of at least 4 members (excludes halogenated alkanes) is 11. The van der Waals surface area contributed by atoms with Crippen molar-refractivity contribution in [1.29, 1.82) is 0 Å². The fraction of sp³-hybridized carbons (Fsp3) is 1.00. The summed E-state index contributed by atoms with van der Waals surface area (Å²) in [6, 6.07) is 0. The Labute approximate surface area is 304 Å². The maximum atomic E-state index is 13.7. The second kappa shape index (κ2) is 38.0. The Kier molecular flexibility index (Phi) is 38.2. The lowest BCUT2D eigenvalue weighted by molar-refractivity contribution is 0.191. The average molecular weight is 741 g/mol. The molecule has 296 valence electrons. The van der Waals surface area contributed by atoms with Gasteiger partial charge in [0.25, 0.3) is 0 Å². The van der Waals surface area contributed by atoms with Crippen LogP contribution in [-0.2, 0) is 22.7 Å². The van der Waals surface area contributed by atoms with Crippen LogP contribution in [0.5, 0.6) is 0 Å². The first-order chi connectivity index (χ1) is 24.0. The molecule has 8 N–H and O–H groups in total. The zero-order valence-electron chi connectivity index (χ0n) is 32.2. The molecule has 0 aliphatic carbocycles. The quantitative estimate of drug-likeness (QED) is 0.0375. The van der Waals surface area contributed by atoms with Crippen LogP contribution < -0.4 is 22.9 Å².